The Balaban J connectivity index is 1.57. The van der Waals surface area contributed by atoms with Crippen LogP contribution in [-0.2, 0) is 9.53 Å². The van der Waals surface area contributed by atoms with Gasteiger partial charge in [-0.1, -0.05) is 30.3 Å². The van der Waals surface area contributed by atoms with Gasteiger partial charge in [-0.2, -0.15) is 0 Å². The minimum Gasteiger partial charge on any atom is -0.497 e. The molecular weight excluding hydrogens is 386 g/mol. The third-order valence-electron chi connectivity index (χ3n) is 4.02. The van der Waals surface area contributed by atoms with Crippen molar-refractivity contribution in [2.75, 3.05) is 13.7 Å². The van der Waals surface area contributed by atoms with Gasteiger partial charge in [0.15, 0.2) is 6.61 Å². The van der Waals surface area contributed by atoms with E-state index in [0.717, 1.165) is 0 Å². The quantitative estimate of drug-likeness (QED) is 0.604. The number of nitrogens with one attached hydrogen (secondary N) is 1. The van der Waals surface area contributed by atoms with Crippen molar-refractivity contribution in [1.82, 2.24) is 5.32 Å². The highest BCUT2D eigenvalue weighted by Gasteiger charge is 2.17. The van der Waals surface area contributed by atoms with E-state index in [1.54, 1.807) is 54.6 Å². The number of esters is 1. The monoisotopic (exact) mass is 405 g/mol. The van der Waals surface area contributed by atoms with Gasteiger partial charge in [-0.05, 0) is 48.5 Å². The lowest BCUT2D eigenvalue weighted by Crippen LogP contribution is -2.34. The van der Waals surface area contributed by atoms with Crippen LogP contribution in [-0.4, -0.2) is 31.5 Å². The fourth-order valence-electron chi connectivity index (χ4n) is 2.53. The van der Waals surface area contributed by atoms with Crippen LogP contribution in [0.1, 0.15) is 20.7 Å². The first-order valence-electron chi connectivity index (χ1n) is 9.04. The van der Waals surface area contributed by atoms with Crippen LogP contribution in [0.3, 0.4) is 0 Å². The molecule has 3 aromatic carbocycles. The molecule has 3 rings (SSSR count). The molecule has 3 aromatic rings. The second-order valence-electron chi connectivity index (χ2n) is 6.09. The van der Waals surface area contributed by atoms with Gasteiger partial charge in [-0.3, -0.25) is 14.9 Å². The van der Waals surface area contributed by atoms with E-state index < -0.39 is 24.4 Å². The molecule has 7 nitrogen and oxygen atoms in total. The average Bonchev–Trinajstić information content (AvgIpc) is 2.78. The van der Waals surface area contributed by atoms with E-state index >= 15 is 0 Å². The van der Waals surface area contributed by atoms with Crippen molar-refractivity contribution in [3.63, 3.8) is 0 Å². The first-order chi connectivity index (χ1) is 14.6. The Morgan fingerprint density at radius 2 is 1.47 bits per heavy atom. The summed E-state index contributed by atoms with van der Waals surface area (Å²) in [6, 6.07) is 21.7. The molecule has 30 heavy (non-hydrogen) atoms. The van der Waals surface area contributed by atoms with E-state index in [-0.39, 0.29) is 11.1 Å². The van der Waals surface area contributed by atoms with Crippen molar-refractivity contribution < 1.29 is 28.6 Å². The van der Waals surface area contributed by atoms with Gasteiger partial charge in [-0.25, -0.2) is 4.79 Å². The first kappa shape index (κ1) is 20.6. The predicted octanol–water partition coefficient (Wildman–Crippen LogP) is 3.60. The fourth-order valence-corrected chi connectivity index (χ4v) is 2.53. The van der Waals surface area contributed by atoms with Crippen LogP contribution in [0.2, 0.25) is 0 Å². The third-order valence-corrected chi connectivity index (χ3v) is 4.02. The van der Waals surface area contributed by atoms with Gasteiger partial charge in [0.25, 0.3) is 11.8 Å². The largest absolute Gasteiger partial charge is 0.497 e. The molecule has 0 bridgehead atoms. The van der Waals surface area contributed by atoms with Crippen LogP contribution in [0.4, 0.5) is 0 Å². The van der Waals surface area contributed by atoms with E-state index in [9.17, 15) is 14.4 Å². The van der Waals surface area contributed by atoms with Crippen molar-refractivity contribution in [3.8, 4) is 17.2 Å². The lowest BCUT2D eigenvalue weighted by Gasteiger charge is -2.11. The number of imide groups is 1. The lowest BCUT2D eigenvalue weighted by molar-refractivity contribution is -0.123. The number of ether oxygens (including phenoxy) is 3. The minimum absolute atomic E-state index is 0.163. The van der Waals surface area contributed by atoms with Gasteiger partial charge in [0.05, 0.1) is 7.11 Å². The third kappa shape index (κ3) is 5.45. The summed E-state index contributed by atoms with van der Waals surface area (Å²) in [5, 5.41) is 2.17. The summed E-state index contributed by atoms with van der Waals surface area (Å²) < 4.78 is 15.8. The summed E-state index contributed by atoms with van der Waals surface area (Å²) >= 11 is 0. The Kier molecular flexibility index (Phi) is 6.78. The predicted molar refractivity (Wildman–Crippen MR) is 109 cm³/mol. The smallest absolute Gasteiger partial charge is 0.342 e. The SMILES string of the molecule is COc1ccc(C(=O)NC(=O)COC(=O)c2ccccc2Oc2ccccc2)cc1. The molecule has 0 spiro atoms. The van der Waals surface area contributed by atoms with Gasteiger partial charge in [0.2, 0.25) is 0 Å². The number of hydrogen-bond donors (Lipinski definition) is 1. The standard InChI is InChI=1S/C23H19NO6/c1-28-17-13-11-16(12-14-17)22(26)24-21(25)15-29-23(27)19-9-5-6-10-20(19)30-18-7-3-2-4-8-18/h2-14H,15H2,1H3,(H,24,25,26). The molecule has 0 aliphatic rings. The van der Waals surface area contributed by atoms with Crippen molar-refractivity contribution in [2.24, 2.45) is 0 Å². The average molecular weight is 405 g/mol. The molecule has 152 valence electrons. The molecule has 0 heterocycles. The highest BCUT2D eigenvalue weighted by Crippen LogP contribution is 2.25. The highest BCUT2D eigenvalue weighted by atomic mass is 16.5. The first-order valence-corrected chi connectivity index (χ1v) is 9.04. The summed E-state index contributed by atoms with van der Waals surface area (Å²) in [4.78, 5) is 36.5. The maximum atomic E-state index is 12.4. The van der Waals surface area contributed by atoms with Crippen LogP contribution < -0.4 is 14.8 Å². The molecule has 0 saturated carbocycles. The van der Waals surface area contributed by atoms with Gasteiger partial charge < -0.3 is 14.2 Å². The summed E-state index contributed by atoms with van der Waals surface area (Å²) in [5.41, 5.74) is 0.438. The number of amides is 2. The summed E-state index contributed by atoms with van der Waals surface area (Å²) in [6.45, 7) is -0.611. The zero-order chi connectivity index (χ0) is 21.3. The zero-order valence-corrected chi connectivity index (χ0v) is 16.2. The van der Waals surface area contributed by atoms with E-state index in [1.807, 2.05) is 6.07 Å². The van der Waals surface area contributed by atoms with Crippen LogP contribution in [0, 0.1) is 0 Å². The van der Waals surface area contributed by atoms with Crippen molar-refractivity contribution in [3.05, 3.63) is 90.0 Å². The molecule has 1 N–H and O–H groups in total. The van der Waals surface area contributed by atoms with E-state index in [0.29, 0.717) is 17.2 Å². The number of methoxy groups -OCH3 is 1. The molecule has 0 aliphatic carbocycles. The van der Waals surface area contributed by atoms with E-state index in [2.05, 4.69) is 5.32 Å². The molecule has 0 unspecified atom stereocenters. The van der Waals surface area contributed by atoms with E-state index in [1.165, 1.54) is 25.3 Å². The van der Waals surface area contributed by atoms with Gasteiger partial charge in [0.1, 0.15) is 22.8 Å². The van der Waals surface area contributed by atoms with Gasteiger partial charge >= 0.3 is 5.97 Å². The maximum absolute atomic E-state index is 12.4. The molecule has 0 radical (unpaired) electrons. The fraction of sp³-hybridized carbons (Fsp3) is 0.0870. The molecule has 2 amide bonds. The zero-order valence-electron chi connectivity index (χ0n) is 16.2. The molecule has 0 aromatic heterocycles. The van der Waals surface area contributed by atoms with Crippen LogP contribution >= 0.6 is 0 Å². The minimum atomic E-state index is -0.745. The lowest BCUT2D eigenvalue weighted by atomic mass is 10.2. The van der Waals surface area contributed by atoms with Crippen molar-refractivity contribution in [2.45, 2.75) is 0 Å². The van der Waals surface area contributed by atoms with Gasteiger partial charge in [0, 0.05) is 5.56 Å². The van der Waals surface area contributed by atoms with Crippen LogP contribution in [0.25, 0.3) is 0 Å². The van der Waals surface area contributed by atoms with Crippen LogP contribution in [0.5, 0.6) is 17.2 Å². The Labute approximate surface area is 173 Å². The Bertz CT molecular complexity index is 1030. The summed E-state index contributed by atoms with van der Waals surface area (Å²) in [6.07, 6.45) is 0. The normalized spacial score (nSPS) is 10.0. The van der Waals surface area contributed by atoms with Crippen molar-refractivity contribution >= 4 is 17.8 Å². The molecule has 0 atom stereocenters. The number of carbonyl (C=O) groups is 3. The molecule has 0 saturated heterocycles. The molecular formula is C23H19NO6. The van der Waals surface area contributed by atoms with Crippen molar-refractivity contribution in [1.29, 1.82) is 0 Å². The summed E-state index contributed by atoms with van der Waals surface area (Å²) in [5.74, 6) is -0.655. The second kappa shape index (κ2) is 9.88. The second-order valence-corrected chi connectivity index (χ2v) is 6.09. The Morgan fingerprint density at radius 3 is 2.17 bits per heavy atom. The number of hydrogen-bond acceptors (Lipinski definition) is 6. The number of carbonyl (C=O) groups excluding carboxylic acids is 3. The molecule has 0 aliphatic heterocycles. The Hall–Kier alpha value is -4.13. The number of rotatable bonds is 7. The topological polar surface area (TPSA) is 90.9 Å². The molecule has 7 heteroatoms. The van der Waals surface area contributed by atoms with Gasteiger partial charge in [-0.15, -0.1) is 0 Å². The number of benzene rings is 3. The summed E-state index contributed by atoms with van der Waals surface area (Å²) in [7, 11) is 1.51. The van der Waals surface area contributed by atoms with Crippen LogP contribution in [0.15, 0.2) is 78.9 Å². The maximum Gasteiger partial charge on any atom is 0.342 e. The number of para-hydroxylation sites is 2. The Morgan fingerprint density at radius 1 is 0.800 bits per heavy atom. The van der Waals surface area contributed by atoms with E-state index in [4.69, 9.17) is 14.2 Å². The molecule has 0 fully saturated rings. The highest BCUT2D eigenvalue weighted by molar-refractivity contribution is 6.05.